The molecule has 0 aliphatic rings. The Balaban J connectivity index is 3.99. The van der Waals surface area contributed by atoms with E-state index in [0.717, 1.165) is 38.5 Å². The fraction of sp³-hybridized carbons (Fsp3) is 0.833. The smallest absolute Gasteiger partial charge is 0.0827 e. The molecule has 0 unspecified atom stereocenters. The maximum Gasteiger partial charge on any atom is 0.0827 e. The lowest BCUT2D eigenvalue weighted by Gasteiger charge is -2.24. The second-order valence-corrected chi connectivity index (χ2v) is 3.81. The van der Waals surface area contributed by atoms with Gasteiger partial charge in [0.15, 0.2) is 0 Å². The van der Waals surface area contributed by atoms with Crippen molar-refractivity contribution in [1.82, 2.24) is 0 Å². The fourth-order valence-corrected chi connectivity index (χ4v) is 1.57. The lowest BCUT2D eigenvalue weighted by atomic mass is 9.90. The Kier molecular flexibility index (Phi) is 6.97. The highest BCUT2D eigenvalue weighted by atomic mass is 16.3. The summed E-state index contributed by atoms with van der Waals surface area (Å²) in [5.74, 6) is 0. The van der Waals surface area contributed by atoms with Gasteiger partial charge in [-0.1, -0.05) is 51.7 Å². The van der Waals surface area contributed by atoms with E-state index in [4.69, 9.17) is 0 Å². The number of hydrogen-bond donors (Lipinski definition) is 1. The molecule has 0 heterocycles. The summed E-state index contributed by atoms with van der Waals surface area (Å²) in [6.45, 7) is 6.30. The van der Waals surface area contributed by atoms with Crippen molar-refractivity contribution in [2.24, 2.45) is 0 Å². The first kappa shape index (κ1) is 12.7. The number of allylic oxidation sites excluding steroid dienone is 1. The van der Waals surface area contributed by atoms with Crippen molar-refractivity contribution in [3.05, 3.63) is 12.2 Å². The van der Waals surface area contributed by atoms with E-state index in [-0.39, 0.29) is 0 Å². The molecule has 13 heavy (non-hydrogen) atoms. The standard InChI is InChI=1S/C12H24O/c1-4-7-10-12(13,9-6-3)11-8-5-2/h6,9,13H,4-5,7-8,10-11H2,1-3H3. The molecule has 0 saturated carbocycles. The highest BCUT2D eigenvalue weighted by Gasteiger charge is 2.20. The molecule has 0 aromatic heterocycles. The number of hydrogen-bond acceptors (Lipinski definition) is 1. The first-order valence-corrected chi connectivity index (χ1v) is 5.54. The van der Waals surface area contributed by atoms with Crippen LogP contribution in [0.25, 0.3) is 0 Å². The lowest BCUT2D eigenvalue weighted by Crippen LogP contribution is -2.25. The summed E-state index contributed by atoms with van der Waals surface area (Å²) in [7, 11) is 0. The third-order valence-electron chi connectivity index (χ3n) is 2.40. The molecule has 0 aromatic rings. The van der Waals surface area contributed by atoms with Gasteiger partial charge < -0.3 is 5.11 Å². The van der Waals surface area contributed by atoms with Crippen molar-refractivity contribution >= 4 is 0 Å². The van der Waals surface area contributed by atoms with Gasteiger partial charge in [-0.05, 0) is 19.8 Å². The highest BCUT2D eigenvalue weighted by Crippen LogP contribution is 2.22. The topological polar surface area (TPSA) is 20.2 Å². The maximum atomic E-state index is 10.2. The molecule has 0 amide bonds. The molecule has 0 bridgehead atoms. The average Bonchev–Trinajstić information content (AvgIpc) is 2.12. The SMILES string of the molecule is CC=CC(O)(CCCC)CCCC. The van der Waals surface area contributed by atoms with Crippen molar-refractivity contribution in [3.63, 3.8) is 0 Å². The van der Waals surface area contributed by atoms with Crippen molar-refractivity contribution in [2.45, 2.75) is 64.9 Å². The Morgan fingerprint density at radius 1 is 1.08 bits per heavy atom. The molecule has 0 aliphatic carbocycles. The quantitative estimate of drug-likeness (QED) is 0.598. The molecule has 0 atom stereocenters. The van der Waals surface area contributed by atoms with Crippen molar-refractivity contribution in [1.29, 1.82) is 0 Å². The minimum atomic E-state index is -0.527. The largest absolute Gasteiger partial charge is 0.386 e. The number of unbranched alkanes of at least 4 members (excludes halogenated alkanes) is 2. The predicted molar refractivity (Wildman–Crippen MR) is 58.8 cm³/mol. The monoisotopic (exact) mass is 184 g/mol. The van der Waals surface area contributed by atoms with Crippen LogP contribution in [-0.4, -0.2) is 10.7 Å². The van der Waals surface area contributed by atoms with Crippen LogP contribution in [0.2, 0.25) is 0 Å². The molecule has 0 radical (unpaired) electrons. The van der Waals surface area contributed by atoms with Crippen LogP contribution >= 0.6 is 0 Å². The van der Waals surface area contributed by atoms with E-state index in [1.54, 1.807) is 0 Å². The van der Waals surface area contributed by atoms with Crippen LogP contribution in [0.1, 0.15) is 59.3 Å². The number of aliphatic hydroxyl groups is 1. The van der Waals surface area contributed by atoms with E-state index in [1.165, 1.54) is 0 Å². The van der Waals surface area contributed by atoms with Gasteiger partial charge in [-0.2, -0.15) is 0 Å². The summed E-state index contributed by atoms with van der Waals surface area (Å²) in [5, 5.41) is 10.2. The van der Waals surface area contributed by atoms with E-state index in [0.29, 0.717) is 0 Å². The molecule has 1 nitrogen and oxygen atoms in total. The molecule has 1 N–H and O–H groups in total. The van der Waals surface area contributed by atoms with Crippen LogP contribution in [-0.2, 0) is 0 Å². The molecular formula is C12H24O. The van der Waals surface area contributed by atoms with E-state index < -0.39 is 5.60 Å². The third-order valence-corrected chi connectivity index (χ3v) is 2.40. The van der Waals surface area contributed by atoms with Crippen molar-refractivity contribution in [2.75, 3.05) is 0 Å². The van der Waals surface area contributed by atoms with Gasteiger partial charge >= 0.3 is 0 Å². The summed E-state index contributed by atoms with van der Waals surface area (Å²) in [4.78, 5) is 0. The van der Waals surface area contributed by atoms with Gasteiger partial charge in [0.25, 0.3) is 0 Å². The summed E-state index contributed by atoms with van der Waals surface area (Å²) >= 11 is 0. The van der Waals surface area contributed by atoms with E-state index in [2.05, 4.69) is 13.8 Å². The maximum absolute atomic E-state index is 10.2. The van der Waals surface area contributed by atoms with Crippen LogP contribution < -0.4 is 0 Å². The highest BCUT2D eigenvalue weighted by molar-refractivity contribution is 4.99. The Labute approximate surface area is 82.9 Å². The van der Waals surface area contributed by atoms with Crippen molar-refractivity contribution in [3.8, 4) is 0 Å². The second kappa shape index (κ2) is 7.14. The zero-order valence-corrected chi connectivity index (χ0v) is 9.34. The second-order valence-electron chi connectivity index (χ2n) is 3.81. The summed E-state index contributed by atoms with van der Waals surface area (Å²) in [6.07, 6.45) is 10.3. The van der Waals surface area contributed by atoms with Gasteiger partial charge in [0, 0.05) is 0 Å². The zero-order chi connectivity index (χ0) is 10.2. The molecule has 0 fully saturated rings. The van der Waals surface area contributed by atoms with E-state index in [1.807, 2.05) is 19.1 Å². The van der Waals surface area contributed by atoms with Crippen LogP contribution in [0.15, 0.2) is 12.2 Å². The molecule has 0 rings (SSSR count). The molecule has 0 aliphatic heterocycles. The third kappa shape index (κ3) is 5.87. The minimum absolute atomic E-state index is 0.527. The van der Waals surface area contributed by atoms with Gasteiger partial charge in [0.1, 0.15) is 0 Å². The summed E-state index contributed by atoms with van der Waals surface area (Å²) in [6, 6.07) is 0. The van der Waals surface area contributed by atoms with E-state index in [9.17, 15) is 5.11 Å². The molecule has 0 aromatic carbocycles. The Bertz CT molecular complexity index is 130. The Morgan fingerprint density at radius 3 is 1.85 bits per heavy atom. The molecule has 0 saturated heterocycles. The zero-order valence-electron chi connectivity index (χ0n) is 9.34. The Hall–Kier alpha value is -0.300. The van der Waals surface area contributed by atoms with Crippen LogP contribution in [0.5, 0.6) is 0 Å². The normalized spacial score (nSPS) is 12.6. The van der Waals surface area contributed by atoms with Gasteiger partial charge in [0.05, 0.1) is 5.60 Å². The molecule has 1 heteroatoms. The van der Waals surface area contributed by atoms with Crippen LogP contribution in [0, 0.1) is 0 Å². The van der Waals surface area contributed by atoms with Crippen LogP contribution in [0.4, 0.5) is 0 Å². The van der Waals surface area contributed by atoms with Gasteiger partial charge in [-0.3, -0.25) is 0 Å². The minimum Gasteiger partial charge on any atom is -0.386 e. The first-order valence-electron chi connectivity index (χ1n) is 5.54. The molecule has 78 valence electrons. The molecular weight excluding hydrogens is 160 g/mol. The average molecular weight is 184 g/mol. The predicted octanol–water partition coefficient (Wildman–Crippen LogP) is 3.67. The van der Waals surface area contributed by atoms with Crippen LogP contribution in [0.3, 0.4) is 0 Å². The number of rotatable bonds is 7. The lowest BCUT2D eigenvalue weighted by molar-refractivity contribution is 0.0673. The van der Waals surface area contributed by atoms with Gasteiger partial charge in [-0.25, -0.2) is 0 Å². The van der Waals surface area contributed by atoms with Crippen molar-refractivity contribution < 1.29 is 5.11 Å². The van der Waals surface area contributed by atoms with Gasteiger partial charge in [0.2, 0.25) is 0 Å². The fourth-order valence-electron chi connectivity index (χ4n) is 1.57. The van der Waals surface area contributed by atoms with E-state index >= 15 is 0 Å². The molecule has 0 spiro atoms. The first-order chi connectivity index (χ1) is 6.18. The Morgan fingerprint density at radius 2 is 1.54 bits per heavy atom. The summed E-state index contributed by atoms with van der Waals surface area (Å²) < 4.78 is 0. The van der Waals surface area contributed by atoms with Gasteiger partial charge in [-0.15, -0.1) is 0 Å². The summed E-state index contributed by atoms with van der Waals surface area (Å²) in [5.41, 5.74) is -0.527.